The highest BCUT2D eigenvalue weighted by Gasteiger charge is 1.98. The molecule has 0 aliphatic heterocycles. The second-order valence-corrected chi connectivity index (χ2v) is 3.56. The maximum Gasteiger partial charge on any atom is 0.149 e. The van der Waals surface area contributed by atoms with Gasteiger partial charge in [-0.15, -0.1) is 0 Å². The van der Waals surface area contributed by atoms with E-state index in [2.05, 4.69) is 17.2 Å². The van der Waals surface area contributed by atoms with E-state index in [-0.39, 0.29) is 0 Å². The molecule has 16 heavy (non-hydrogen) atoms. The molecule has 5 nitrogen and oxygen atoms in total. The van der Waals surface area contributed by atoms with Gasteiger partial charge in [0.1, 0.15) is 11.6 Å². The molecule has 1 heterocycles. The first kappa shape index (κ1) is 12.6. The summed E-state index contributed by atoms with van der Waals surface area (Å²) in [5, 5.41) is 3.16. The number of aromatic nitrogens is 1. The van der Waals surface area contributed by atoms with E-state index in [1.165, 1.54) is 0 Å². The molecule has 0 bridgehead atoms. The Labute approximate surface area is 96.2 Å². The first-order valence-corrected chi connectivity index (χ1v) is 5.57. The number of pyridine rings is 1. The summed E-state index contributed by atoms with van der Waals surface area (Å²) in [6.45, 7) is 4.51. The molecule has 0 fully saturated rings. The Morgan fingerprint density at radius 1 is 1.31 bits per heavy atom. The van der Waals surface area contributed by atoms with Crippen molar-refractivity contribution in [1.29, 1.82) is 0 Å². The van der Waals surface area contributed by atoms with Crippen molar-refractivity contribution in [3.8, 4) is 0 Å². The Kier molecular flexibility index (Phi) is 5.42. The second-order valence-electron chi connectivity index (χ2n) is 3.56. The van der Waals surface area contributed by atoms with E-state index in [1.54, 1.807) is 6.07 Å². The molecule has 0 aromatic carbocycles. The zero-order chi connectivity index (χ0) is 11.8. The van der Waals surface area contributed by atoms with Crippen LogP contribution in [0.3, 0.4) is 0 Å². The van der Waals surface area contributed by atoms with Gasteiger partial charge in [-0.25, -0.2) is 4.98 Å². The van der Waals surface area contributed by atoms with Crippen LogP contribution >= 0.6 is 0 Å². The fourth-order valence-electron chi connectivity index (χ4n) is 1.22. The van der Waals surface area contributed by atoms with Crippen LogP contribution in [-0.4, -0.2) is 24.7 Å². The van der Waals surface area contributed by atoms with Crippen LogP contribution in [0.1, 0.15) is 19.8 Å². The minimum absolute atomic E-state index is 0.368. The molecule has 5 heteroatoms. The summed E-state index contributed by atoms with van der Waals surface area (Å²) in [7, 11) is 0. The first-order valence-electron chi connectivity index (χ1n) is 5.57. The number of hydrogen-bond acceptors (Lipinski definition) is 5. The minimum atomic E-state index is 0.368. The Bertz CT molecular complexity index is 317. The van der Waals surface area contributed by atoms with E-state index in [0.717, 1.165) is 38.4 Å². The number of nitrogens with one attached hydrogen (secondary N) is 1. The highest BCUT2D eigenvalue weighted by Crippen LogP contribution is 2.14. The van der Waals surface area contributed by atoms with Crippen molar-refractivity contribution in [3.05, 3.63) is 12.1 Å². The molecule has 1 rings (SSSR count). The Morgan fingerprint density at radius 2 is 2.12 bits per heavy atom. The summed E-state index contributed by atoms with van der Waals surface area (Å²) in [6, 6.07) is 3.57. The van der Waals surface area contributed by atoms with Crippen molar-refractivity contribution in [3.63, 3.8) is 0 Å². The monoisotopic (exact) mass is 224 g/mol. The average molecular weight is 224 g/mol. The topological polar surface area (TPSA) is 86.2 Å². The van der Waals surface area contributed by atoms with Gasteiger partial charge >= 0.3 is 0 Å². The molecule has 0 saturated carbocycles. The molecular formula is C11H20N4O. The van der Waals surface area contributed by atoms with Gasteiger partial charge in [-0.3, -0.25) is 0 Å². The normalized spacial score (nSPS) is 10.3. The van der Waals surface area contributed by atoms with E-state index in [1.807, 2.05) is 6.07 Å². The van der Waals surface area contributed by atoms with Gasteiger partial charge in [0.05, 0.1) is 5.69 Å². The number of rotatable bonds is 7. The zero-order valence-corrected chi connectivity index (χ0v) is 9.70. The molecule has 0 saturated heterocycles. The van der Waals surface area contributed by atoms with Gasteiger partial charge in [-0.2, -0.15) is 0 Å². The third-order valence-corrected chi connectivity index (χ3v) is 2.08. The van der Waals surface area contributed by atoms with Gasteiger partial charge in [0.25, 0.3) is 0 Å². The van der Waals surface area contributed by atoms with Gasteiger partial charge in [0.15, 0.2) is 0 Å². The van der Waals surface area contributed by atoms with Crippen molar-refractivity contribution in [1.82, 2.24) is 4.98 Å². The molecule has 0 radical (unpaired) electrons. The lowest BCUT2D eigenvalue weighted by atomic mass is 10.3. The van der Waals surface area contributed by atoms with Gasteiger partial charge in [0, 0.05) is 19.8 Å². The predicted octanol–water partition coefficient (Wildman–Crippen LogP) is 1.47. The summed E-state index contributed by atoms with van der Waals surface area (Å²) in [5.74, 6) is 1.12. The van der Waals surface area contributed by atoms with Crippen LogP contribution in [-0.2, 0) is 4.74 Å². The Balaban J connectivity index is 2.19. The van der Waals surface area contributed by atoms with Crippen LogP contribution < -0.4 is 16.8 Å². The maximum atomic E-state index is 5.59. The van der Waals surface area contributed by atoms with Crippen LogP contribution in [0.5, 0.6) is 0 Å². The lowest BCUT2D eigenvalue weighted by molar-refractivity contribution is 0.134. The van der Waals surface area contributed by atoms with Crippen molar-refractivity contribution in [2.45, 2.75) is 19.8 Å². The smallest absolute Gasteiger partial charge is 0.149 e. The van der Waals surface area contributed by atoms with E-state index >= 15 is 0 Å². The number of nitrogens with two attached hydrogens (primary N) is 2. The lowest BCUT2D eigenvalue weighted by Crippen LogP contribution is -2.08. The van der Waals surface area contributed by atoms with E-state index in [0.29, 0.717) is 11.5 Å². The Morgan fingerprint density at radius 3 is 2.81 bits per heavy atom. The number of ether oxygens (including phenoxy) is 1. The SMILES string of the molecule is CCCOCCCNc1ccc(N)c(N)n1. The summed E-state index contributed by atoms with van der Waals surface area (Å²) in [4.78, 5) is 4.11. The summed E-state index contributed by atoms with van der Waals surface area (Å²) >= 11 is 0. The Hall–Kier alpha value is -1.49. The molecule has 1 aromatic heterocycles. The first-order chi connectivity index (χ1) is 7.74. The van der Waals surface area contributed by atoms with Crippen molar-refractivity contribution in [2.24, 2.45) is 0 Å². The molecule has 0 spiro atoms. The molecule has 0 amide bonds. The molecule has 0 atom stereocenters. The third kappa shape index (κ3) is 4.35. The summed E-state index contributed by atoms with van der Waals surface area (Å²) in [5.41, 5.74) is 11.7. The molecule has 0 aliphatic rings. The number of nitrogens with zero attached hydrogens (tertiary/aromatic N) is 1. The van der Waals surface area contributed by atoms with Crippen LogP contribution in [0.25, 0.3) is 0 Å². The molecule has 0 unspecified atom stereocenters. The van der Waals surface area contributed by atoms with E-state index < -0.39 is 0 Å². The predicted molar refractivity (Wildman–Crippen MR) is 67.3 cm³/mol. The number of nitrogen functional groups attached to an aromatic ring is 2. The number of hydrogen-bond donors (Lipinski definition) is 3. The number of anilines is 3. The molecule has 0 aliphatic carbocycles. The zero-order valence-electron chi connectivity index (χ0n) is 9.70. The van der Waals surface area contributed by atoms with Crippen LogP contribution in [0.15, 0.2) is 12.1 Å². The molecule has 5 N–H and O–H groups in total. The largest absolute Gasteiger partial charge is 0.396 e. The van der Waals surface area contributed by atoms with E-state index in [4.69, 9.17) is 16.2 Å². The van der Waals surface area contributed by atoms with Crippen molar-refractivity contribution >= 4 is 17.3 Å². The fraction of sp³-hybridized carbons (Fsp3) is 0.545. The fourth-order valence-corrected chi connectivity index (χ4v) is 1.22. The van der Waals surface area contributed by atoms with Crippen LogP contribution in [0.4, 0.5) is 17.3 Å². The van der Waals surface area contributed by atoms with Crippen LogP contribution in [0, 0.1) is 0 Å². The third-order valence-electron chi connectivity index (χ3n) is 2.08. The summed E-state index contributed by atoms with van der Waals surface area (Å²) < 4.78 is 5.36. The highest BCUT2D eigenvalue weighted by atomic mass is 16.5. The van der Waals surface area contributed by atoms with E-state index in [9.17, 15) is 0 Å². The lowest BCUT2D eigenvalue weighted by Gasteiger charge is -2.07. The van der Waals surface area contributed by atoms with Crippen molar-refractivity contribution in [2.75, 3.05) is 36.5 Å². The van der Waals surface area contributed by atoms with Gasteiger partial charge < -0.3 is 21.5 Å². The average Bonchev–Trinajstić information content (AvgIpc) is 2.28. The molecule has 90 valence electrons. The highest BCUT2D eigenvalue weighted by molar-refractivity contribution is 5.61. The van der Waals surface area contributed by atoms with Gasteiger partial charge in [-0.1, -0.05) is 6.92 Å². The van der Waals surface area contributed by atoms with Crippen LogP contribution in [0.2, 0.25) is 0 Å². The quantitative estimate of drug-likeness (QED) is 0.611. The van der Waals surface area contributed by atoms with Gasteiger partial charge in [-0.05, 0) is 25.0 Å². The molecular weight excluding hydrogens is 204 g/mol. The second kappa shape index (κ2) is 6.90. The molecule has 1 aromatic rings. The van der Waals surface area contributed by atoms with Crippen molar-refractivity contribution < 1.29 is 4.74 Å². The summed E-state index contributed by atoms with van der Waals surface area (Å²) in [6.07, 6.45) is 2.01. The maximum absolute atomic E-state index is 5.59. The van der Waals surface area contributed by atoms with Gasteiger partial charge in [0.2, 0.25) is 0 Å². The standard InChI is InChI=1S/C11H20N4O/c1-2-7-16-8-3-6-14-10-5-4-9(12)11(13)15-10/h4-5H,2-3,6-8,12H2,1H3,(H3,13,14,15). The minimum Gasteiger partial charge on any atom is -0.396 e.